The summed E-state index contributed by atoms with van der Waals surface area (Å²) >= 11 is 6.34. The van der Waals surface area contributed by atoms with Crippen molar-refractivity contribution in [2.45, 2.75) is 32.1 Å². The number of rotatable bonds is 3. The van der Waals surface area contributed by atoms with Crippen LogP contribution in [-0.4, -0.2) is 29.8 Å². The molecular weight excluding hydrogens is 410 g/mol. The van der Waals surface area contributed by atoms with E-state index in [9.17, 15) is 18.4 Å². The van der Waals surface area contributed by atoms with E-state index in [4.69, 9.17) is 11.6 Å². The SMILES string of the molecule is O=C(Nc1ccc(C(=O)N2CC[C@H]3CCCC[C@H]3C2)c(Cl)c1)c1ccc(F)cc1F. The molecule has 2 aliphatic rings. The molecule has 30 heavy (non-hydrogen) atoms. The van der Waals surface area contributed by atoms with Crippen molar-refractivity contribution in [1.82, 2.24) is 4.90 Å². The van der Waals surface area contributed by atoms with Crippen molar-refractivity contribution in [1.29, 1.82) is 0 Å². The molecule has 2 aromatic carbocycles. The Morgan fingerprint density at radius 3 is 2.43 bits per heavy atom. The van der Waals surface area contributed by atoms with Crippen molar-refractivity contribution in [2.24, 2.45) is 11.8 Å². The number of amides is 2. The zero-order chi connectivity index (χ0) is 21.3. The Bertz CT molecular complexity index is 982. The molecule has 0 radical (unpaired) electrons. The van der Waals surface area contributed by atoms with Crippen LogP contribution in [0.3, 0.4) is 0 Å². The standard InChI is InChI=1S/C23H23ClF2N2O2/c24-20-12-17(27-22(29)19-7-5-16(25)11-21(19)26)6-8-18(20)23(30)28-10-9-14-3-1-2-4-15(14)13-28/h5-8,11-12,14-15H,1-4,9-10,13H2,(H,27,29)/t14-,15+/m1/s1. The summed E-state index contributed by atoms with van der Waals surface area (Å²) in [5.41, 5.74) is 0.441. The van der Waals surface area contributed by atoms with E-state index >= 15 is 0 Å². The molecule has 0 spiro atoms. The van der Waals surface area contributed by atoms with E-state index in [1.165, 1.54) is 31.7 Å². The number of carbonyl (C=O) groups is 2. The number of anilines is 1. The van der Waals surface area contributed by atoms with Gasteiger partial charge in [-0.25, -0.2) is 8.78 Å². The smallest absolute Gasteiger partial charge is 0.258 e. The number of carbonyl (C=O) groups excluding carboxylic acids is 2. The van der Waals surface area contributed by atoms with Gasteiger partial charge in [0.15, 0.2) is 0 Å². The maximum Gasteiger partial charge on any atom is 0.258 e. The lowest BCUT2D eigenvalue weighted by Gasteiger charge is -2.41. The van der Waals surface area contributed by atoms with Gasteiger partial charge < -0.3 is 10.2 Å². The minimum atomic E-state index is -0.948. The molecule has 0 unspecified atom stereocenters. The summed E-state index contributed by atoms with van der Waals surface area (Å²) in [5.74, 6) is -1.24. The van der Waals surface area contributed by atoms with Crippen molar-refractivity contribution in [3.05, 3.63) is 64.2 Å². The fourth-order valence-electron chi connectivity index (χ4n) is 4.59. The third-order valence-electron chi connectivity index (χ3n) is 6.21. The number of halogens is 3. The largest absolute Gasteiger partial charge is 0.338 e. The third kappa shape index (κ3) is 4.33. The molecule has 7 heteroatoms. The van der Waals surface area contributed by atoms with Crippen LogP contribution < -0.4 is 5.32 Å². The zero-order valence-corrected chi connectivity index (χ0v) is 17.2. The summed E-state index contributed by atoms with van der Waals surface area (Å²) in [5, 5.41) is 2.76. The van der Waals surface area contributed by atoms with Crippen LogP contribution in [0, 0.1) is 23.5 Å². The second-order valence-corrected chi connectivity index (χ2v) is 8.52. The maximum absolute atomic E-state index is 13.8. The Kier molecular flexibility index (Phi) is 6.04. The molecule has 2 atom stereocenters. The fourth-order valence-corrected chi connectivity index (χ4v) is 4.86. The molecule has 1 saturated carbocycles. The van der Waals surface area contributed by atoms with Crippen molar-refractivity contribution in [3.63, 3.8) is 0 Å². The Labute approximate surface area is 179 Å². The summed E-state index contributed by atoms with van der Waals surface area (Å²) in [6.45, 7) is 1.50. The topological polar surface area (TPSA) is 49.4 Å². The molecule has 0 aromatic heterocycles. The summed E-state index contributed by atoms with van der Waals surface area (Å²) in [6, 6.07) is 7.36. The van der Waals surface area contributed by atoms with Crippen LogP contribution in [-0.2, 0) is 0 Å². The van der Waals surface area contributed by atoms with E-state index in [0.29, 0.717) is 23.2 Å². The highest BCUT2D eigenvalue weighted by Crippen LogP contribution is 2.37. The molecule has 2 amide bonds. The minimum absolute atomic E-state index is 0.105. The van der Waals surface area contributed by atoms with Crippen LogP contribution in [0.5, 0.6) is 0 Å². The first kappa shape index (κ1) is 20.8. The average Bonchev–Trinajstić information content (AvgIpc) is 2.73. The van der Waals surface area contributed by atoms with E-state index in [-0.39, 0.29) is 16.5 Å². The number of fused-ring (bicyclic) bond motifs is 1. The maximum atomic E-state index is 13.8. The third-order valence-corrected chi connectivity index (χ3v) is 6.52. The summed E-state index contributed by atoms with van der Waals surface area (Å²) in [6.07, 6.45) is 5.98. The first-order valence-corrected chi connectivity index (χ1v) is 10.7. The molecule has 4 rings (SSSR count). The fraction of sp³-hybridized carbons (Fsp3) is 0.391. The van der Waals surface area contributed by atoms with Crippen LogP contribution in [0.1, 0.15) is 52.8 Å². The molecule has 158 valence electrons. The number of hydrogen-bond donors (Lipinski definition) is 1. The van der Waals surface area contributed by atoms with Crippen LogP contribution in [0.4, 0.5) is 14.5 Å². The highest BCUT2D eigenvalue weighted by Gasteiger charge is 2.33. The van der Waals surface area contributed by atoms with Gasteiger partial charge in [0.05, 0.1) is 16.1 Å². The van der Waals surface area contributed by atoms with Crippen molar-refractivity contribution in [3.8, 4) is 0 Å². The minimum Gasteiger partial charge on any atom is -0.338 e. The highest BCUT2D eigenvalue weighted by molar-refractivity contribution is 6.34. The van der Waals surface area contributed by atoms with Gasteiger partial charge in [-0.3, -0.25) is 9.59 Å². The van der Waals surface area contributed by atoms with Gasteiger partial charge in [0.1, 0.15) is 11.6 Å². The second kappa shape index (κ2) is 8.72. The number of piperidine rings is 1. The summed E-state index contributed by atoms with van der Waals surface area (Å²) in [4.78, 5) is 27.1. The zero-order valence-electron chi connectivity index (χ0n) is 16.5. The van der Waals surface area contributed by atoms with E-state index in [0.717, 1.165) is 37.6 Å². The summed E-state index contributed by atoms with van der Waals surface area (Å²) < 4.78 is 26.8. The molecule has 1 aliphatic carbocycles. The second-order valence-electron chi connectivity index (χ2n) is 8.12. The van der Waals surface area contributed by atoms with Crippen LogP contribution in [0.25, 0.3) is 0 Å². The molecule has 1 N–H and O–H groups in total. The van der Waals surface area contributed by atoms with Crippen molar-refractivity contribution < 1.29 is 18.4 Å². The van der Waals surface area contributed by atoms with Gasteiger partial charge in [-0.05, 0) is 55.0 Å². The monoisotopic (exact) mass is 432 g/mol. The van der Waals surface area contributed by atoms with Crippen molar-refractivity contribution >= 4 is 29.1 Å². The van der Waals surface area contributed by atoms with Gasteiger partial charge in [0, 0.05) is 24.8 Å². The number of benzene rings is 2. The van der Waals surface area contributed by atoms with E-state index < -0.39 is 17.5 Å². The Morgan fingerprint density at radius 1 is 0.967 bits per heavy atom. The Balaban J connectivity index is 1.45. The van der Waals surface area contributed by atoms with Gasteiger partial charge in [0.25, 0.3) is 11.8 Å². The number of nitrogens with one attached hydrogen (secondary N) is 1. The van der Waals surface area contributed by atoms with Crippen molar-refractivity contribution in [2.75, 3.05) is 18.4 Å². The first-order valence-electron chi connectivity index (χ1n) is 10.3. The highest BCUT2D eigenvalue weighted by atomic mass is 35.5. The van der Waals surface area contributed by atoms with Gasteiger partial charge >= 0.3 is 0 Å². The van der Waals surface area contributed by atoms with Gasteiger partial charge in [-0.2, -0.15) is 0 Å². The molecular formula is C23H23ClF2N2O2. The average molecular weight is 433 g/mol. The molecule has 1 heterocycles. The lowest BCUT2D eigenvalue weighted by molar-refractivity contribution is 0.0521. The Morgan fingerprint density at radius 2 is 1.70 bits per heavy atom. The molecule has 0 bridgehead atoms. The lowest BCUT2D eigenvalue weighted by atomic mass is 9.75. The molecule has 1 saturated heterocycles. The van der Waals surface area contributed by atoms with Crippen LogP contribution >= 0.6 is 11.6 Å². The molecule has 4 nitrogen and oxygen atoms in total. The quantitative estimate of drug-likeness (QED) is 0.694. The van der Waals surface area contributed by atoms with Crippen LogP contribution in [0.2, 0.25) is 5.02 Å². The van der Waals surface area contributed by atoms with E-state index in [2.05, 4.69) is 5.32 Å². The predicted molar refractivity (Wildman–Crippen MR) is 112 cm³/mol. The van der Waals surface area contributed by atoms with Gasteiger partial charge in [-0.15, -0.1) is 0 Å². The molecule has 1 aliphatic heterocycles. The molecule has 2 aromatic rings. The van der Waals surface area contributed by atoms with Gasteiger partial charge in [-0.1, -0.05) is 30.9 Å². The van der Waals surface area contributed by atoms with Crippen LogP contribution in [0.15, 0.2) is 36.4 Å². The predicted octanol–water partition coefficient (Wildman–Crippen LogP) is 5.52. The van der Waals surface area contributed by atoms with E-state index in [1.807, 2.05) is 4.90 Å². The lowest BCUT2D eigenvalue weighted by Crippen LogP contribution is -2.44. The first-order chi connectivity index (χ1) is 14.4. The number of nitrogens with zero attached hydrogens (tertiary/aromatic N) is 1. The molecule has 2 fully saturated rings. The number of hydrogen-bond acceptors (Lipinski definition) is 2. The summed E-state index contributed by atoms with van der Waals surface area (Å²) in [7, 11) is 0. The Hall–Kier alpha value is -2.47. The normalized spacial score (nSPS) is 21.1. The number of likely N-dealkylation sites (tertiary alicyclic amines) is 1. The van der Waals surface area contributed by atoms with Gasteiger partial charge in [0.2, 0.25) is 0 Å². The van der Waals surface area contributed by atoms with E-state index in [1.54, 1.807) is 12.1 Å².